The number of nitrogens with zero attached hydrogens (tertiary/aromatic N) is 2. The first-order valence-corrected chi connectivity index (χ1v) is 6.62. The molecule has 0 unspecified atom stereocenters. The van der Waals surface area contributed by atoms with Crippen molar-refractivity contribution in [3.05, 3.63) is 23.9 Å². The zero-order valence-electron chi connectivity index (χ0n) is 13.0. The molecule has 0 bridgehead atoms. The summed E-state index contributed by atoms with van der Waals surface area (Å²) in [7, 11) is 3.82. The highest BCUT2D eigenvalue weighted by molar-refractivity contribution is 5.94. The molecule has 1 amide bonds. The Kier molecular flexibility index (Phi) is 10.4. The van der Waals surface area contributed by atoms with Gasteiger partial charge in [0.1, 0.15) is 5.82 Å². The summed E-state index contributed by atoms with van der Waals surface area (Å²) in [5.41, 5.74) is 6.38. The third-order valence-corrected chi connectivity index (χ3v) is 3.48. The van der Waals surface area contributed by atoms with E-state index in [1.54, 1.807) is 12.3 Å². The molecule has 0 aliphatic rings. The number of hydrogen-bond acceptors (Lipinski definition) is 4. The van der Waals surface area contributed by atoms with Crippen molar-refractivity contribution in [1.29, 1.82) is 0 Å². The predicted octanol–water partition coefficient (Wildman–Crippen LogP) is 2.24. The fraction of sp³-hybridized carbons (Fsp3) is 0.571. The Labute approximate surface area is 139 Å². The van der Waals surface area contributed by atoms with Gasteiger partial charge in [0, 0.05) is 32.4 Å². The maximum Gasteiger partial charge on any atom is 0.252 e. The molecule has 3 N–H and O–H groups in total. The van der Waals surface area contributed by atoms with E-state index in [0.29, 0.717) is 12.1 Å². The molecule has 5 nitrogen and oxygen atoms in total. The molecule has 0 aliphatic carbocycles. The van der Waals surface area contributed by atoms with E-state index in [0.717, 1.165) is 18.7 Å². The Morgan fingerprint density at radius 1 is 1.29 bits per heavy atom. The van der Waals surface area contributed by atoms with E-state index < -0.39 is 0 Å². The van der Waals surface area contributed by atoms with Crippen molar-refractivity contribution < 1.29 is 4.79 Å². The normalized spacial score (nSPS) is 10.1. The fourth-order valence-electron chi connectivity index (χ4n) is 1.64. The van der Waals surface area contributed by atoms with Gasteiger partial charge in [0.15, 0.2) is 0 Å². The van der Waals surface area contributed by atoms with Gasteiger partial charge in [0.05, 0.1) is 5.56 Å². The van der Waals surface area contributed by atoms with E-state index in [2.05, 4.69) is 10.3 Å². The molecule has 0 fully saturated rings. The second kappa shape index (κ2) is 9.82. The number of carbonyl (C=O) groups excluding carboxylic acids is 1. The minimum absolute atomic E-state index is 0. The van der Waals surface area contributed by atoms with Crippen molar-refractivity contribution in [2.75, 3.05) is 25.5 Å². The molecule has 0 saturated carbocycles. The Hall–Kier alpha value is -1.04. The molecule has 122 valence electrons. The lowest BCUT2D eigenvalue weighted by atomic mass is 9.94. The highest BCUT2D eigenvalue weighted by atomic mass is 35.5. The van der Waals surface area contributed by atoms with E-state index in [-0.39, 0.29) is 36.3 Å². The molecule has 21 heavy (non-hydrogen) atoms. The van der Waals surface area contributed by atoms with Crippen LogP contribution >= 0.6 is 24.8 Å². The third kappa shape index (κ3) is 6.50. The molecular formula is C14H26Cl2N4O. The molecule has 1 rings (SSSR count). The summed E-state index contributed by atoms with van der Waals surface area (Å²) in [6.07, 6.45) is 3.25. The number of halogens is 2. The van der Waals surface area contributed by atoms with Gasteiger partial charge in [-0.25, -0.2) is 4.98 Å². The number of anilines is 1. The average Bonchev–Trinajstić information content (AvgIpc) is 2.44. The highest BCUT2D eigenvalue weighted by Gasteiger charge is 2.21. The van der Waals surface area contributed by atoms with Gasteiger partial charge >= 0.3 is 0 Å². The number of aromatic nitrogens is 1. The first-order valence-electron chi connectivity index (χ1n) is 6.62. The number of rotatable bonds is 6. The lowest BCUT2D eigenvalue weighted by molar-refractivity contribution is 0.0942. The molecule has 0 radical (unpaired) electrons. The second-order valence-electron chi connectivity index (χ2n) is 5.05. The fourth-order valence-corrected chi connectivity index (χ4v) is 1.64. The summed E-state index contributed by atoms with van der Waals surface area (Å²) in [4.78, 5) is 18.1. The standard InChI is InChI=1S/C14H24N4O.2ClH/c1-5-14(15,6-2)10-17-13(19)11-7-8-12(16-9-11)18(3)4;;/h7-9H,5-6,10,15H2,1-4H3,(H,17,19);2*1H. The van der Waals surface area contributed by atoms with Crippen molar-refractivity contribution in [1.82, 2.24) is 10.3 Å². The van der Waals surface area contributed by atoms with Gasteiger partial charge in [-0.3, -0.25) is 4.79 Å². The van der Waals surface area contributed by atoms with Crippen molar-refractivity contribution >= 4 is 36.5 Å². The maximum atomic E-state index is 12.0. The third-order valence-electron chi connectivity index (χ3n) is 3.48. The second-order valence-corrected chi connectivity index (χ2v) is 5.05. The smallest absolute Gasteiger partial charge is 0.252 e. The van der Waals surface area contributed by atoms with E-state index in [1.165, 1.54) is 0 Å². The Bertz CT molecular complexity index is 419. The summed E-state index contributed by atoms with van der Waals surface area (Å²) in [6.45, 7) is 4.54. The van der Waals surface area contributed by atoms with E-state index >= 15 is 0 Å². The Morgan fingerprint density at radius 2 is 1.86 bits per heavy atom. The minimum atomic E-state index is -0.327. The molecular weight excluding hydrogens is 311 g/mol. The van der Waals surface area contributed by atoms with Crippen LogP contribution in [-0.2, 0) is 0 Å². The SMILES string of the molecule is CCC(N)(CC)CNC(=O)c1ccc(N(C)C)nc1.Cl.Cl. The van der Waals surface area contributed by atoms with Gasteiger partial charge < -0.3 is 16.0 Å². The molecule has 0 spiro atoms. The summed E-state index contributed by atoms with van der Waals surface area (Å²) in [5, 5.41) is 2.87. The minimum Gasteiger partial charge on any atom is -0.363 e. The van der Waals surface area contributed by atoms with Gasteiger partial charge in [0.2, 0.25) is 0 Å². The van der Waals surface area contributed by atoms with Gasteiger partial charge in [-0.2, -0.15) is 0 Å². The molecule has 0 saturated heterocycles. The lowest BCUT2D eigenvalue weighted by Gasteiger charge is -2.26. The van der Waals surface area contributed by atoms with Crippen LogP contribution in [-0.4, -0.2) is 37.1 Å². The topological polar surface area (TPSA) is 71.2 Å². The molecule has 1 aromatic rings. The van der Waals surface area contributed by atoms with Crippen LogP contribution in [0.3, 0.4) is 0 Å². The number of pyridine rings is 1. The molecule has 1 heterocycles. The number of carbonyl (C=O) groups is 1. The van der Waals surface area contributed by atoms with Gasteiger partial charge in [-0.15, -0.1) is 24.8 Å². The molecule has 0 atom stereocenters. The summed E-state index contributed by atoms with van der Waals surface area (Å²) in [5.74, 6) is 0.696. The number of hydrogen-bond donors (Lipinski definition) is 2. The highest BCUT2D eigenvalue weighted by Crippen LogP contribution is 2.11. The van der Waals surface area contributed by atoms with Crippen molar-refractivity contribution in [3.8, 4) is 0 Å². The Morgan fingerprint density at radius 3 is 2.24 bits per heavy atom. The van der Waals surface area contributed by atoms with Crippen LogP contribution < -0.4 is 16.0 Å². The first kappa shape index (κ1) is 22.2. The monoisotopic (exact) mass is 336 g/mol. The van der Waals surface area contributed by atoms with Crippen molar-refractivity contribution in [2.24, 2.45) is 5.73 Å². The van der Waals surface area contributed by atoms with Crippen molar-refractivity contribution in [3.63, 3.8) is 0 Å². The predicted molar refractivity (Wildman–Crippen MR) is 92.9 cm³/mol. The van der Waals surface area contributed by atoms with Crippen LogP contribution in [0.2, 0.25) is 0 Å². The van der Waals surface area contributed by atoms with Gasteiger partial charge in [0.25, 0.3) is 5.91 Å². The Balaban J connectivity index is 0. The molecule has 0 aliphatic heterocycles. The first-order chi connectivity index (χ1) is 8.91. The van der Waals surface area contributed by atoms with Crippen LogP contribution in [0.25, 0.3) is 0 Å². The van der Waals surface area contributed by atoms with Crippen molar-refractivity contribution in [2.45, 2.75) is 32.2 Å². The van der Waals surface area contributed by atoms with Crippen LogP contribution in [0.4, 0.5) is 5.82 Å². The summed E-state index contributed by atoms with van der Waals surface area (Å²) in [6, 6.07) is 3.60. The largest absolute Gasteiger partial charge is 0.363 e. The van der Waals surface area contributed by atoms with E-state index in [4.69, 9.17) is 5.73 Å². The average molecular weight is 337 g/mol. The maximum absolute atomic E-state index is 12.0. The number of nitrogens with one attached hydrogen (secondary N) is 1. The van der Waals surface area contributed by atoms with E-state index in [1.807, 2.05) is 38.9 Å². The van der Waals surface area contributed by atoms with Gasteiger partial charge in [-0.1, -0.05) is 13.8 Å². The van der Waals surface area contributed by atoms with Crippen LogP contribution in [0.5, 0.6) is 0 Å². The van der Waals surface area contributed by atoms with Crippen LogP contribution in [0.1, 0.15) is 37.0 Å². The molecule has 1 aromatic heterocycles. The molecule has 7 heteroatoms. The zero-order chi connectivity index (χ0) is 14.5. The van der Waals surface area contributed by atoms with Crippen LogP contribution in [0.15, 0.2) is 18.3 Å². The summed E-state index contributed by atoms with van der Waals surface area (Å²) < 4.78 is 0. The molecule has 0 aromatic carbocycles. The zero-order valence-corrected chi connectivity index (χ0v) is 14.7. The quantitative estimate of drug-likeness (QED) is 0.835. The summed E-state index contributed by atoms with van der Waals surface area (Å²) >= 11 is 0. The van der Waals surface area contributed by atoms with Crippen LogP contribution in [0, 0.1) is 0 Å². The number of nitrogens with two attached hydrogens (primary N) is 1. The lowest BCUT2D eigenvalue weighted by Crippen LogP contribution is -2.49. The van der Waals surface area contributed by atoms with Gasteiger partial charge in [-0.05, 0) is 25.0 Å². The number of amides is 1. The van der Waals surface area contributed by atoms with E-state index in [9.17, 15) is 4.79 Å².